The van der Waals surface area contributed by atoms with Crippen molar-refractivity contribution in [3.8, 4) is 5.75 Å². The van der Waals surface area contributed by atoms with Crippen LogP contribution in [-0.2, 0) is 0 Å². The number of carbonyl (C=O) groups excluding carboxylic acids is 1. The molecular weight excluding hydrogens is 247 g/mol. The summed E-state index contributed by atoms with van der Waals surface area (Å²) in [6.45, 7) is 5.52. The van der Waals surface area contributed by atoms with Crippen LogP contribution in [-0.4, -0.2) is 12.9 Å². The quantitative estimate of drug-likeness (QED) is 0.744. The molecule has 1 aromatic carbocycles. The lowest BCUT2D eigenvalue weighted by molar-refractivity contribution is 0.0858. The molecule has 4 heteroatoms. The Labute approximate surface area is 106 Å². The minimum Gasteiger partial charge on any atom is -0.495 e. The monoisotopic (exact) mass is 260 g/mol. The van der Waals surface area contributed by atoms with Crippen molar-refractivity contribution in [2.45, 2.75) is 20.8 Å². The third-order valence-corrected chi connectivity index (χ3v) is 2.78. The summed E-state index contributed by atoms with van der Waals surface area (Å²) in [6, 6.07) is 3.11. The van der Waals surface area contributed by atoms with Gasteiger partial charge in [-0.25, -0.2) is 0 Å². The van der Waals surface area contributed by atoms with Gasteiger partial charge in [-0.3, -0.25) is 4.79 Å². The lowest BCUT2D eigenvalue weighted by Gasteiger charge is -2.18. The van der Waals surface area contributed by atoms with E-state index in [2.05, 4.69) is 0 Å². The number of carbonyl (C=O) groups is 1. The highest BCUT2D eigenvalue weighted by Crippen LogP contribution is 2.34. The van der Waals surface area contributed by atoms with Crippen LogP contribution in [0.2, 0.25) is 10.0 Å². The minimum atomic E-state index is -0.484. The largest absolute Gasteiger partial charge is 0.495 e. The van der Waals surface area contributed by atoms with E-state index >= 15 is 0 Å². The number of hydrogen-bond acceptors (Lipinski definition) is 2. The summed E-state index contributed by atoms with van der Waals surface area (Å²) < 4.78 is 5.06. The zero-order valence-corrected chi connectivity index (χ0v) is 11.2. The van der Waals surface area contributed by atoms with Crippen molar-refractivity contribution in [2.75, 3.05) is 7.11 Å². The van der Waals surface area contributed by atoms with Gasteiger partial charge in [-0.15, -0.1) is 0 Å². The topological polar surface area (TPSA) is 26.3 Å². The number of hydrogen-bond donors (Lipinski definition) is 0. The summed E-state index contributed by atoms with van der Waals surface area (Å²) in [6.07, 6.45) is 0. The van der Waals surface area contributed by atoms with Crippen LogP contribution in [0.5, 0.6) is 5.75 Å². The van der Waals surface area contributed by atoms with E-state index in [1.807, 2.05) is 20.8 Å². The maximum absolute atomic E-state index is 12.1. The molecule has 0 saturated heterocycles. The maximum Gasteiger partial charge on any atom is 0.169 e. The minimum absolute atomic E-state index is 0.0348. The number of benzene rings is 1. The second-order valence-electron chi connectivity index (χ2n) is 4.55. The number of Topliss-reactive ketones (excluding diaryl/α,β-unsaturated/α-hetero) is 1. The number of ketones is 1. The van der Waals surface area contributed by atoms with Crippen LogP contribution in [0.3, 0.4) is 0 Å². The first-order valence-corrected chi connectivity index (χ1v) is 5.61. The lowest BCUT2D eigenvalue weighted by atomic mass is 9.86. The molecule has 0 aliphatic heterocycles. The Balaban J connectivity index is 3.30. The fraction of sp³-hybridized carbons (Fsp3) is 0.417. The van der Waals surface area contributed by atoms with Gasteiger partial charge in [-0.05, 0) is 12.1 Å². The third kappa shape index (κ3) is 2.69. The van der Waals surface area contributed by atoms with E-state index < -0.39 is 5.41 Å². The molecule has 0 unspecified atom stereocenters. The van der Waals surface area contributed by atoms with Crippen molar-refractivity contribution in [3.63, 3.8) is 0 Å². The highest BCUT2D eigenvalue weighted by molar-refractivity contribution is 6.37. The molecule has 0 amide bonds. The molecule has 1 rings (SSSR count). The van der Waals surface area contributed by atoms with Gasteiger partial charge in [0.2, 0.25) is 0 Å². The second-order valence-corrected chi connectivity index (χ2v) is 5.36. The van der Waals surface area contributed by atoms with E-state index in [1.54, 1.807) is 6.07 Å². The van der Waals surface area contributed by atoms with Crippen molar-refractivity contribution in [1.82, 2.24) is 0 Å². The summed E-state index contributed by atoms with van der Waals surface area (Å²) in [5, 5.41) is 0.753. The maximum atomic E-state index is 12.1. The molecule has 0 radical (unpaired) electrons. The van der Waals surface area contributed by atoms with Gasteiger partial charge < -0.3 is 4.74 Å². The van der Waals surface area contributed by atoms with Gasteiger partial charge in [-0.1, -0.05) is 44.0 Å². The predicted octanol–water partition coefficient (Wildman–Crippen LogP) is 4.23. The summed E-state index contributed by atoms with van der Waals surface area (Å²) in [4.78, 5) is 12.1. The predicted molar refractivity (Wildman–Crippen MR) is 66.8 cm³/mol. The Morgan fingerprint density at radius 2 is 1.75 bits per heavy atom. The van der Waals surface area contributed by atoms with Crippen molar-refractivity contribution in [2.24, 2.45) is 5.41 Å². The Kier molecular flexibility index (Phi) is 3.87. The molecular formula is C12H14Cl2O2. The molecule has 0 aliphatic carbocycles. The molecule has 0 aliphatic rings. The molecule has 0 heterocycles. The molecule has 88 valence electrons. The zero-order chi connectivity index (χ0) is 12.5. The lowest BCUT2D eigenvalue weighted by Crippen LogP contribution is -2.20. The van der Waals surface area contributed by atoms with Crippen LogP contribution in [0, 0.1) is 5.41 Å². The number of halogens is 2. The van der Waals surface area contributed by atoms with E-state index in [0.29, 0.717) is 21.4 Å². The SMILES string of the molecule is COc1cc(C(=O)C(C)(C)C)c(Cl)cc1Cl. The highest BCUT2D eigenvalue weighted by Gasteiger charge is 2.25. The first kappa shape index (κ1) is 13.3. The van der Waals surface area contributed by atoms with Crippen LogP contribution in [0.4, 0.5) is 0 Å². The standard InChI is InChI=1S/C12H14Cl2O2/c1-12(2,3)11(15)7-5-10(16-4)9(14)6-8(7)13/h5-6H,1-4H3. The third-order valence-electron chi connectivity index (χ3n) is 2.17. The van der Waals surface area contributed by atoms with Gasteiger partial charge in [0.15, 0.2) is 5.78 Å². The van der Waals surface area contributed by atoms with Crippen LogP contribution in [0.1, 0.15) is 31.1 Å². The van der Waals surface area contributed by atoms with Gasteiger partial charge in [0, 0.05) is 11.0 Å². The van der Waals surface area contributed by atoms with Gasteiger partial charge in [0.1, 0.15) is 5.75 Å². The van der Waals surface area contributed by atoms with E-state index in [0.717, 1.165) is 0 Å². The summed E-state index contributed by atoms with van der Waals surface area (Å²) in [7, 11) is 1.50. The average molecular weight is 261 g/mol. The number of ether oxygens (including phenoxy) is 1. The molecule has 0 fully saturated rings. The Hall–Kier alpha value is -0.730. The van der Waals surface area contributed by atoms with Crippen LogP contribution >= 0.6 is 23.2 Å². The van der Waals surface area contributed by atoms with Gasteiger partial charge in [0.05, 0.1) is 17.2 Å². The first-order chi connectivity index (χ1) is 7.27. The molecule has 0 spiro atoms. The summed E-state index contributed by atoms with van der Waals surface area (Å²) in [5.41, 5.74) is -0.0434. The molecule has 0 bridgehead atoms. The average Bonchev–Trinajstić information content (AvgIpc) is 2.15. The fourth-order valence-electron chi connectivity index (χ4n) is 1.26. The first-order valence-electron chi connectivity index (χ1n) is 4.85. The van der Waals surface area contributed by atoms with Crippen molar-refractivity contribution in [1.29, 1.82) is 0 Å². The zero-order valence-electron chi connectivity index (χ0n) is 9.73. The molecule has 16 heavy (non-hydrogen) atoms. The van der Waals surface area contributed by atoms with Crippen molar-refractivity contribution in [3.05, 3.63) is 27.7 Å². The molecule has 0 saturated carbocycles. The van der Waals surface area contributed by atoms with Crippen molar-refractivity contribution < 1.29 is 9.53 Å². The van der Waals surface area contributed by atoms with Crippen LogP contribution in [0.25, 0.3) is 0 Å². The number of rotatable bonds is 2. The van der Waals surface area contributed by atoms with E-state index in [-0.39, 0.29) is 5.78 Å². The van der Waals surface area contributed by atoms with Gasteiger partial charge in [0.25, 0.3) is 0 Å². The van der Waals surface area contributed by atoms with E-state index in [9.17, 15) is 4.79 Å². The van der Waals surface area contributed by atoms with Gasteiger partial charge >= 0.3 is 0 Å². The van der Waals surface area contributed by atoms with Gasteiger partial charge in [-0.2, -0.15) is 0 Å². The molecule has 0 atom stereocenters. The molecule has 0 aromatic heterocycles. The van der Waals surface area contributed by atoms with Crippen LogP contribution in [0.15, 0.2) is 12.1 Å². The summed E-state index contributed by atoms with van der Waals surface area (Å²) in [5.74, 6) is 0.422. The molecule has 1 aromatic rings. The fourth-order valence-corrected chi connectivity index (χ4v) is 1.81. The normalized spacial score (nSPS) is 11.4. The Bertz CT molecular complexity index is 420. The Morgan fingerprint density at radius 3 is 2.19 bits per heavy atom. The summed E-state index contributed by atoms with van der Waals surface area (Å²) >= 11 is 11.9. The highest BCUT2D eigenvalue weighted by atomic mass is 35.5. The van der Waals surface area contributed by atoms with Crippen molar-refractivity contribution >= 4 is 29.0 Å². The van der Waals surface area contributed by atoms with E-state index in [4.69, 9.17) is 27.9 Å². The second kappa shape index (κ2) is 4.64. The smallest absolute Gasteiger partial charge is 0.169 e. The Morgan fingerprint density at radius 1 is 1.19 bits per heavy atom. The molecule has 2 nitrogen and oxygen atoms in total. The van der Waals surface area contributed by atoms with E-state index in [1.165, 1.54) is 13.2 Å². The number of methoxy groups -OCH3 is 1. The molecule has 0 N–H and O–H groups in total. The van der Waals surface area contributed by atoms with Crippen LogP contribution < -0.4 is 4.74 Å².